The van der Waals surface area contributed by atoms with Crippen molar-refractivity contribution in [3.8, 4) is 11.5 Å². The minimum Gasteiger partial charge on any atom is -0.493 e. The standard InChI is InChI=1S/C22H26N2O4/c1-15(2)28-19-11-8-17(13-20(19)27-3)22(26)23-14-16-6-9-18(10-7-16)24-12-4-5-21(24)25/h6-11,13,15H,4-5,12,14H2,1-3H3,(H,23,26). The highest BCUT2D eigenvalue weighted by molar-refractivity contribution is 5.95. The van der Waals surface area contributed by atoms with Gasteiger partial charge in [0.05, 0.1) is 13.2 Å². The first-order valence-electron chi connectivity index (χ1n) is 9.50. The molecule has 6 nitrogen and oxygen atoms in total. The zero-order valence-electron chi connectivity index (χ0n) is 16.5. The van der Waals surface area contributed by atoms with Gasteiger partial charge in [-0.25, -0.2) is 0 Å². The van der Waals surface area contributed by atoms with E-state index in [9.17, 15) is 9.59 Å². The first-order chi connectivity index (χ1) is 13.5. The maximum Gasteiger partial charge on any atom is 0.251 e. The molecular weight excluding hydrogens is 356 g/mol. The normalized spacial score (nSPS) is 13.7. The highest BCUT2D eigenvalue weighted by Crippen LogP contribution is 2.29. The number of anilines is 1. The van der Waals surface area contributed by atoms with Crippen molar-refractivity contribution in [1.29, 1.82) is 0 Å². The fraction of sp³-hybridized carbons (Fsp3) is 0.364. The van der Waals surface area contributed by atoms with E-state index in [4.69, 9.17) is 9.47 Å². The van der Waals surface area contributed by atoms with E-state index in [1.165, 1.54) is 0 Å². The molecule has 1 heterocycles. The van der Waals surface area contributed by atoms with E-state index in [1.54, 1.807) is 30.2 Å². The van der Waals surface area contributed by atoms with E-state index in [2.05, 4.69) is 5.32 Å². The third-order valence-corrected chi connectivity index (χ3v) is 4.56. The SMILES string of the molecule is COc1cc(C(=O)NCc2ccc(N3CCCC3=O)cc2)ccc1OC(C)C. The lowest BCUT2D eigenvalue weighted by molar-refractivity contribution is -0.117. The first-order valence-corrected chi connectivity index (χ1v) is 9.50. The fourth-order valence-electron chi connectivity index (χ4n) is 3.16. The van der Waals surface area contributed by atoms with Crippen molar-refractivity contribution in [3.05, 3.63) is 53.6 Å². The van der Waals surface area contributed by atoms with Gasteiger partial charge in [-0.05, 0) is 56.2 Å². The van der Waals surface area contributed by atoms with E-state index >= 15 is 0 Å². The Morgan fingerprint density at radius 3 is 2.50 bits per heavy atom. The molecule has 3 rings (SSSR count). The van der Waals surface area contributed by atoms with Gasteiger partial charge in [0.15, 0.2) is 11.5 Å². The molecule has 0 aromatic heterocycles. The average Bonchev–Trinajstić information content (AvgIpc) is 3.12. The Morgan fingerprint density at radius 2 is 1.89 bits per heavy atom. The predicted molar refractivity (Wildman–Crippen MR) is 108 cm³/mol. The number of rotatable bonds is 7. The van der Waals surface area contributed by atoms with Gasteiger partial charge in [0.1, 0.15) is 0 Å². The van der Waals surface area contributed by atoms with E-state index in [0.29, 0.717) is 30.0 Å². The van der Waals surface area contributed by atoms with Gasteiger partial charge in [0.25, 0.3) is 5.91 Å². The molecule has 0 atom stereocenters. The van der Waals surface area contributed by atoms with E-state index in [1.807, 2.05) is 38.1 Å². The number of nitrogens with zero attached hydrogens (tertiary/aromatic N) is 1. The van der Waals surface area contributed by atoms with Crippen molar-refractivity contribution in [2.24, 2.45) is 0 Å². The van der Waals surface area contributed by atoms with E-state index in [0.717, 1.165) is 24.2 Å². The largest absolute Gasteiger partial charge is 0.493 e. The van der Waals surface area contributed by atoms with Crippen LogP contribution in [-0.4, -0.2) is 31.6 Å². The van der Waals surface area contributed by atoms with Gasteiger partial charge < -0.3 is 19.7 Å². The van der Waals surface area contributed by atoms with Crippen molar-refractivity contribution in [2.75, 3.05) is 18.6 Å². The van der Waals surface area contributed by atoms with Gasteiger partial charge >= 0.3 is 0 Å². The maximum atomic E-state index is 12.5. The van der Waals surface area contributed by atoms with Crippen LogP contribution >= 0.6 is 0 Å². The van der Waals surface area contributed by atoms with Gasteiger partial charge in [-0.1, -0.05) is 12.1 Å². The van der Waals surface area contributed by atoms with Crippen LogP contribution in [0.25, 0.3) is 0 Å². The van der Waals surface area contributed by atoms with Crippen LogP contribution < -0.4 is 19.7 Å². The lowest BCUT2D eigenvalue weighted by atomic mass is 10.1. The number of carbonyl (C=O) groups excluding carboxylic acids is 2. The van der Waals surface area contributed by atoms with Crippen LogP contribution in [0.15, 0.2) is 42.5 Å². The van der Waals surface area contributed by atoms with Gasteiger partial charge in [-0.2, -0.15) is 0 Å². The van der Waals surface area contributed by atoms with Crippen LogP contribution in [0.2, 0.25) is 0 Å². The lowest BCUT2D eigenvalue weighted by Gasteiger charge is -2.16. The van der Waals surface area contributed by atoms with Crippen molar-refractivity contribution in [1.82, 2.24) is 5.32 Å². The van der Waals surface area contributed by atoms with E-state index in [-0.39, 0.29) is 17.9 Å². The van der Waals surface area contributed by atoms with Crippen LogP contribution in [0.5, 0.6) is 11.5 Å². The molecule has 0 saturated carbocycles. The number of hydrogen-bond acceptors (Lipinski definition) is 4. The summed E-state index contributed by atoms with van der Waals surface area (Å²) in [6.07, 6.45) is 1.54. The van der Waals surface area contributed by atoms with Crippen molar-refractivity contribution < 1.29 is 19.1 Å². The Hall–Kier alpha value is -3.02. The Kier molecular flexibility index (Phi) is 6.19. The van der Waals surface area contributed by atoms with Crippen molar-refractivity contribution in [2.45, 2.75) is 39.3 Å². The number of methoxy groups -OCH3 is 1. The molecule has 1 aliphatic rings. The van der Waals surface area contributed by atoms with Gasteiger partial charge in [0.2, 0.25) is 5.91 Å². The molecule has 28 heavy (non-hydrogen) atoms. The third-order valence-electron chi connectivity index (χ3n) is 4.56. The molecule has 2 aromatic carbocycles. The summed E-state index contributed by atoms with van der Waals surface area (Å²) in [5.74, 6) is 1.12. The summed E-state index contributed by atoms with van der Waals surface area (Å²) in [6, 6.07) is 12.8. The number of amides is 2. The summed E-state index contributed by atoms with van der Waals surface area (Å²) in [4.78, 5) is 26.1. The monoisotopic (exact) mass is 382 g/mol. The fourth-order valence-corrected chi connectivity index (χ4v) is 3.16. The predicted octanol–water partition coefficient (Wildman–Crippen LogP) is 3.54. The Bertz CT molecular complexity index is 846. The minimum absolute atomic E-state index is 0.0207. The van der Waals surface area contributed by atoms with Gasteiger partial charge in [0, 0.05) is 30.8 Å². The van der Waals surface area contributed by atoms with Gasteiger partial charge in [-0.3, -0.25) is 9.59 Å². The van der Waals surface area contributed by atoms with Crippen LogP contribution in [-0.2, 0) is 11.3 Å². The number of hydrogen-bond donors (Lipinski definition) is 1. The summed E-state index contributed by atoms with van der Waals surface area (Å²) >= 11 is 0. The Morgan fingerprint density at radius 1 is 1.14 bits per heavy atom. The second kappa shape index (κ2) is 8.78. The minimum atomic E-state index is -0.187. The van der Waals surface area contributed by atoms with Crippen LogP contribution in [0.4, 0.5) is 5.69 Å². The molecule has 1 N–H and O–H groups in total. The highest BCUT2D eigenvalue weighted by Gasteiger charge is 2.21. The van der Waals surface area contributed by atoms with Crippen LogP contribution in [0.3, 0.4) is 0 Å². The molecule has 0 bridgehead atoms. The number of nitrogens with one attached hydrogen (secondary N) is 1. The Balaban J connectivity index is 1.61. The summed E-state index contributed by atoms with van der Waals surface area (Å²) in [7, 11) is 1.55. The number of ether oxygens (including phenoxy) is 2. The molecule has 1 aliphatic heterocycles. The molecule has 0 aliphatic carbocycles. The maximum absolute atomic E-state index is 12.5. The molecule has 1 saturated heterocycles. The van der Waals surface area contributed by atoms with Crippen LogP contribution in [0, 0.1) is 0 Å². The number of carbonyl (C=O) groups is 2. The first kappa shape index (κ1) is 19.7. The second-order valence-corrected chi connectivity index (χ2v) is 7.03. The molecule has 0 unspecified atom stereocenters. The topological polar surface area (TPSA) is 67.9 Å². The molecule has 148 valence electrons. The summed E-state index contributed by atoms with van der Waals surface area (Å²) in [6.45, 7) is 5.04. The quantitative estimate of drug-likeness (QED) is 0.795. The zero-order valence-corrected chi connectivity index (χ0v) is 16.5. The smallest absolute Gasteiger partial charge is 0.251 e. The Labute approximate surface area is 165 Å². The summed E-state index contributed by atoms with van der Waals surface area (Å²) < 4.78 is 11.0. The molecule has 0 radical (unpaired) electrons. The molecule has 0 spiro atoms. The molecule has 6 heteroatoms. The molecule has 2 aromatic rings. The third kappa shape index (κ3) is 4.63. The highest BCUT2D eigenvalue weighted by atomic mass is 16.5. The van der Waals surface area contributed by atoms with Crippen molar-refractivity contribution >= 4 is 17.5 Å². The average molecular weight is 382 g/mol. The van der Waals surface area contributed by atoms with Crippen LogP contribution in [0.1, 0.15) is 42.6 Å². The second-order valence-electron chi connectivity index (χ2n) is 7.03. The van der Waals surface area contributed by atoms with E-state index < -0.39 is 0 Å². The summed E-state index contributed by atoms with van der Waals surface area (Å²) in [5, 5.41) is 2.91. The lowest BCUT2D eigenvalue weighted by Crippen LogP contribution is -2.24. The number of benzene rings is 2. The molecular formula is C22H26N2O4. The molecule has 2 amide bonds. The zero-order chi connectivity index (χ0) is 20.1. The summed E-state index contributed by atoms with van der Waals surface area (Å²) in [5.41, 5.74) is 2.38. The van der Waals surface area contributed by atoms with Gasteiger partial charge in [-0.15, -0.1) is 0 Å². The molecule has 1 fully saturated rings. The van der Waals surface area contributed by atoms with Crippen molar-refractivity contribution in [3.63, 3.8) is 0 Å².